The third-order valence-electron chi connectivity index (χ3n) is 6.18. The first kappa shape index (κ1) is 24.1. The van der Waals surface area contributed by atoms with Gasteiger partial charge in [-0.15, -0.1) is 11.8 Å². The summed E-state index contributed by atoms with van der Waals surface area (Å²) in [6.07, 6.45) is 0.554. The Kier molecular flexibility index (Phi) is 6.84. The van der Waals surface area contributed by atoms with Gasteiger partial charge in [0.15, 0.2) is 0 Å². The molecule has 0 aromatic heterocycles. The molecule has 3 heterocycles. The van der Waals surface area contributed by atoms with E-state index < -0.39 is 41.8 Å². The number of amides is 3. The molecule has 6 atom stereocenters. The molecule has 12 heteroatoms. The molecule has 0 bridgehead atoms. The maximum Gasteiger partial charge on any atom is 0.396 e. The van der Waals surface area contributed by atoms with Crippen LogP contribution in [-0.2, 0) is 28.7 Å². The number of carboxylic acid groups (broad SMARTS) is 1. The summed E-state index contributed by atoms with van der Waals surface area (Å²) in [7, 11) is 4.46. The van der Waals surface area contributed by atoms with E-state index in [1.807, 2.05) is 6.92 Å². The number of carboxylic acids is 1. The second-order valence-electron chi connectivity index (χ2n) is 8.45. The maximum atomic E-state index is 12.9. The number of hydrogen-bond donors (Lipinski definition) is 3. The van der Waals surface area contributed by atoms with Crippen LogP contribution in [-0.4, -0.2) is 95.7 Å². The molecule has 32 heavy (non-hydrogen) atoms. The molecule has 0 aromatic carbocycles. The van der Waals surface area contributed by atoms with Gasteiger partial charge in [-0.3, -0.25) is 14.4 Å². The second kappa shape index (κ2) is 9.10. The van der Waals surface area contributed by atoms with Crippen molar-refractivity contribution in [2.45, 2.75) is 43.6 Å². The Morgan fingerprint density at radius 1 is 1.31 bits per heavy atom. The number of nitrogens with one attached hydrogen (secondary N) is 2. The van der Waals surface area contributed by atoms with Crippen molar-refractivity contribution in [2.75, 3.05) is 27.7 Å². The van der Waals surface area contributed by atoms with Gasteiger partial charge in [0.2, 0.25) is 11.8 Å². The second-order valence-corrected chi connectivity index (χ2v) is 9.80. The first-order valence-electron chi connectivity index (χ1n) is 10.3. The van der Waals surface area contributed by atoms with Crippen molar-refractivity contribution in [1.29, 1.82) is 0 Å². The van der Waals surface area contributed by atoms with Crippen LogP contribution in [0.2, 0.25) is 0 Å². The Bertz CT molecular complexity index is 889. The largest absolute Gasteiger partial charge is 0.477 e. The molecule has 3 N–H and O–H groups in total. The predicted molar refractivity (Wildman–Crippen MR) is 114 cm³/mol. The quantitative estimate of drug-likeness (QED) is 0.254. The van der Waals surface area contributed by atoms with Crippen LogP contribution < -0.4 is 10.6 Å². The van der Waals surface area contributed by atoms with Crippen LogP contribution in [0.3, 0.4) is 0 Å². The van der Waals surface area contributed by atoms with Crippen LogP contribution in [0.4, 0.5) is 0 Å². The van der Waals surface area contributed by atoms with Gasteiger partial charge in [0.1, 0.15) is 5.70 Å². The van der Waals surface area contributed by atoms with Gasteiger partial charge in [0.05, 0.1) is 25.1 Å². The third-order valence-corrected chi connectivity index (χ3v) is 7.69. The maximum absolute atomic E-state index is 12.9. The summed E-state index contributed by atoms with van der Waals surface area (Å²) in [5.74, 6) is -4.56. The molecule has 2 saturated heterocycles. The Morgan fingerprint density at radius 3 is 2.53 bits per heavy atom. The van der Waals surface area contributed by atoms with Gasteiger partial charge in [0, 0.05) is 42.8 Å². The fraction of sp³-hybridized carbons (Fsp3) is 0.650. The Balaban J connectivity index is 1.75. The number of likely N-dealkylation sites (N-methyl/N-ethyl adjacent to an activating group) is 1. The van der Waals surface area contributed by atoms with Crippen molar-refractivity contribution in [3.8, 4) is 0 Å². The highest BCUT2D eigenvalue weighted by atomic mass is 32.2. The van der Waals surface area contributed by atoms with Gasteiger partial charge in [-0.1, -0.05) is 6.92 Å². The van der Waals surface area contributed by atoms with E-state index in [9.17, 15) is 29.1 Å². The minimum absolute atomic E-state index is 0.0144. The molecule has 0 spiro atoms. The zero-order valence-corrected chi connectivity index (χ0v) is 19.4. The molecule has 3 rings (SSSR count). The molecule has 0 radical (unpaired) electrons. The SMILES string of the molecule is COC(=O)C(=O)N[C@H](C)[C@H]1C(=O)N2C(C(=O)O)=C(S[C@@H]3CN[C@H](C(=O)N(C)C)C3)[C@H](C)[C@H]12. The first-order chi connectivity index (χ1) is 15.0. The zero-order valence-electron chi connectivity index (χ0n) is 18.6. The van der Waals surface area contributed by atoms with E-state index in [0.717, 1.165) is 7.11 Å². The van der Waals surface area contributed by atoms with Gasteiger partial charge in [0.25, 0.3) is 0 Å². The van der Waals surface area contributed by atoms with E-state index >= 15 is 0 Å². The standard InChI is InChI=1S/C20H28N4O7S/c1-8-13-12(9(2)22-16(25)20(30)31-5)18(27)24(13)14(19(28)29)15(8)32-10-6-11(21-7-10)17(26)23(3)4/h8-13,21H,6-7H2,1-5H3,(H,22,25)(H,28,29)/t8-,9-,10+,11+,12-,13-/m1/s1. The van der Waals surface area contributed by atoms with E-state index in [1.54, 1.807) is 21.0 Å². The predicted octanol–water partition coefficient (Wildman–Crippen LogP) is -1.01. The number of methoxy groups -OCH3 is 1. The fourth-order valence-electron chi connectivity index (χ4n) is 4.62. The number of rotatable bonds is 6. The van der Waals surface area contributed by atoms with Crippen molar-refractivity contribution in [1.82, 2.24) is 20.4 Å². The van der Waals surface area contributed by atoms with Crippen molar-refractivity contribution < 1.29 is 33.8 Å². The Labute approximate surface area is 189 Å². The molecule has 0 aromatic rings. The summed E-state index contributed by atoms with van der Waals surface area (Å²) >= 11 is 1.39. The molecule has 2 fully saturated rings. The zero-order chi connectivity index (χ0) is 23.9. The van der Waals surface area contributed by atoms with Crippen molar-refractivity contribution >= 4 is 41.4 Å². The summed E-state index contributed by atoms with van der Waals surface area (Å²) in [6, 6.07) is -1.43. The smallest absolute Gasteiger partial charge is 0.396 e. The monoisotopic (exact) mass is 468 g/mol. The number of ether oxygens (including phenoxy) is 1. The number of carbonyl (C=O) groups is 5. The molecule has 0 aliphatic carbocycles. The minimum Gasteiger partial charge on any atom is -0.477 e. The lowest BCUT2D eigenvalue weighted by molar-refractivity contribution is -0.160. The molecule has 0 saturated carbocycles. The van der Waals surface area contributed by atoms with Crippen LogP contribution in [0.1, 0.15) is 20.3 Å². The number of β-lactam (4-membered cyclic amide) rings is 1. The fourth-order valence-corrected chi connectivity index (χ4v) is 6.10. The van der Waals surface area contributed by atoms with E-state index in [4.69, 9.17) is 0 Å². The highest BCUT2D eigenvalue weighted by molar-refractivity contribution is 8.03. The highest BCUT2D eigenvalue weighted by Crippen LogP contribution is 2.51. The molecule has 0 unspecified atom stereocenters. The molecule has 3 aliphatic heterocycles. The van der Waals surface area contributed by atoms with E-state index in [1.165, 1.54) is 21.6 Å². The normalized spacial score (nSPS) is 29.8. The topological polar surface area (TPSA) is 145 Å². The molecule has 3 aliphatic rings. The third kappa shape index (κ3) is 4.08. The van der Waals surface area contributed by atoms with Crippen molar-refractivity contribution in [2.24, 2.45) is 11.8 Å². The van der Waals surface area contributed by atoms with Gasteiger partial charge >= 0.3 is 17.8 Å². The molecular weight excluding hydrogens is 440 g/mol. The number of nitrogens with zero attached hydrogens (tertiary/aromatic N) is 2. The average Bonchev–Trinajstić information content (AvgIpc) is 3.28. The highest BCUT2D eigenvalue weighted by Gasteiger charge is 2.60. The van der Waals surface area contributed by atoms with Crippen molar-refractivity contribution in [3.63, 3.8) is 0 Å². The van der Waals surface area contributed by atoms with Crippen LogP contribution in [0.25, 0.3) is 0 Å². The number of thioether (sulfide) groups is 1. The summed E-state index contributed by atoms with van der Waals surface area (Å²) in [5.41, 5.74) is -0.0392. The number of esters is 1. The lowest BCUT2D eigenvalue weighted by Crippen LogP contribution is -2.66. The summed E-state index contributed by atoms with van der Waals surface area (Å²) in [5, 5.41) is 15.5. The van der Waals surface area contributed by atoms with E-state index in [2.05, 4.69) is 15.4 Å². The van der Waals surface area contributed by atoms with Crippen LogP contribution in [0.5, 0.6) is 0 Å². The summed E-state index contributed by atoms with van der Waals surface area (Å²) < 4.78 is 4.39. The first-order valence-corrected chi connectivity index (χ1v) is 11.2. The van der Waals surface area contributed by atoms with E-state index in [0.29, 0.717) is 17.9 Å². The Morgan fingerprint density at radius 2 is 1.97 bits per heavy atom. The van der Waals surface area contributed by atoms with Gasteiger partial charge in [-0.05, 0) is 13.3 Å². The summed E-state index contributed by atoms with van der Waals surface area (Å²) in [6.45, 7) is 4.01. The Hall–Kier alpha value is -2.60. The van der Waals surface area contributed by atoms with Gasteiger partial charge in [-0.2, -0.15) is 0 Å². The molecule has 176 valence electrons. The van der Waals surface area contributed by atoms with Crippen LogP contribution >= 0.6 is 11.8 Å². The molecule has 11 nitrogen and oxygen atoms in total. The number of hydrogen-bond acceptors (Lipinski definition) is 8. The number of carbonyl (C=O) groups excluding carboxylic acids is 4. The summed E-state index contributed by atoms with van der Waals surface area (Å²) in [4.78, 5) is 63.8. The number of aliphatic carboxylic acids is 1. The van der Waals surface area contributed by atoms with E-state index in [-0.39, 0.29) is 28.8 Å². The van der Waals surface area contributed by atoms with Gasteiger partial charge in [-0.25, -0.2) is 9.59 Å². The lowest BCUT2D eigenvalue weighted by Gasteiger charge is -2.47. The number of fused-ring (bicyclic) bond motifs is 1. The van der Waals surface area contributed by atoms with Gasteiger partial charge < -0.3 is 30.3 Å². The van der Waals surface area contributed by atoms with Crippen molar-refractivity contribution in [3.05, 3.63) is 10.6 Å². The van der Waals surface area contributed by atoms with Crippen LogP contribution in [0.15, 0.2) is 10.6 Å². The minimum atomic E-state index is -1.19. The van der Waals surface area contributed by atoms with Crippen LogP contribution in [0, 0.1) is 11.8 Å². The molecular formula is C20H28N4O7S. The average molecular weight is 469 g/mol. The molecule has 3 amide bonds. The lowest BCUT2D eigenvalue weighted by atomic mass is 9.78.